The number of nitrogens with zero attached hydrogens (tertiary/aromatic N) is 1. The second-order valence-electron chi connectivity index (χ2n) is 4.52. The Kier molecular flexibility index (Phi) is 5.77. The second-order valence-corrected chi connectivity index (χ2v) is 4.52. The lowest BCUT2D eigenvalue weighted by atomic mass is 10.0. The van der Waals surface area contributed by atoms with E-state index in [4.69, 9.17) is 11.1 Å². The van der Waals surface area contributed by atoms with Gasteiger partial charge in [0.2, 0.25) is 0 Å². The van der Waals surface area contributed by atoms with E-state index in [2.05, 4.69) is 39.6 Å². The lowest BCUT2D eigenvalue weighted by Gasteiger charge is -2.32. The predicted molar refractivity (Wildman–Crippen MR) is 62.7 cm³/mol. The van der Waals surface area contributed by atoms with Gasteiger partial charge >= 0.3 is 0 Å². The smallest absolute Gasteiger partial charge is 0.108 e. The van der Waals surface area contributed by atoms with Gasteiger partial charge in [-0.25, -0.2) is 0 Å². The molecule has 0 amide bonds. The van der Waals surface area contributed by atoms with E-state index >= 15 is 0 Å². The number of nitrogens with two attached hydrogens (primary N) is 1. The fraction of sp³-hybridized carbons (Fsp3) is 0.909. The predicted octanol–water partition coefficient (Wildman–Crippen LogP) is 2.07. The summed E-state index contributed by atoms with van der Waals surface area (Å²) in [4.78, 5) is 2.21. The first-order valence-corrected chi connectivity index (χ1v) is 5.45. The van der Waals surface area contributed by atoms with E-state index < -0.39 is 0 Å². The van der Waals surface area contributed by atoms with Gasteiger partial charge in [0.05, 0.1) is 6.04 Å². The molecule has 0 spiro atoms. The summed E-state index contributed by atoms with van der Waals surface area (Å²) in [6.07, 6.45) is 2.06. The van der Waals surface area contributed by atoms with Gasteiger partial charge in [-0.2, -0.15) is 0 Å². The first-order chi connectivity index (χ1) is 6.40. The minimum absolute atomic E-state index is 0.101. The molecule has 0 heterocycles. The van der Waals surface area contributed by atoms with Crippen molar-refractivity contribution >= 4 is 5.84 Å². The Labute approximate surface area is 88.2 Å². The molecular weight excluding hydrogens is 174 g/mol. The number of amidine groups is 1. The Morgan fingerprint density at radius 3 is 2.14 bits per heavy atom. The zero-order chi connectivity index (χ0) is 11.3. The van der Waals surface area contributed by atoms with Crippen LogP contribution in [0.4, 0.5) is 0 Å². The molecule has 3 nitrogen and oxygen atoms in total. The average Bonchev–Trinajstić information content (AvgIpc) is 2.03. The Morgan fingerprint density at radius 1 is 1.36 bits per heavy atom. The van der Waals surface area contributed by atoms with Crippen molar-refractivity contribution < 1.29 is 0 Å². The number of hydrogen-bond acceptors (Lipinski definition) is 2. The summed E-state index contributed by atoms with van der Waals surface area (Å²) >= 11 is 0. The van der Waals surface area contributed by atoms with Crippen molar-refractivity contribution in [2.45, 2.75) is 52.6 Å². The van der Waals surface area contributed by atoms with Gasteiger partial charge in [0.15, 0.2) is 0 Å². The van der Waals surface area contributed by atoms with Crippen molar-refractivity contribution in [3.63, 3.8) is 0 Å². The number of rotatable bonds is 6. The Morgan fingerprint density at radius 2 is 1.86 bits per heavy atom. The third-order valence-corrected chi connectivity index (χ3v) is 2.75. The van der Waals surface area contributed by atoms with E-state index in [0.29, 0.717) is 12.0 Å². The van der Waals surface area contributed by atoms with Gasteiger partial charge in [0, 0.05) is 6.04 Å². The molecule has 0 radical (unpaired) electrons. The molecule has 0 aromatic heterocycles. The molecule has 0 saturated heterocycles. The first kappa shape index (κ1) is 13.4. The molecule has 0 rings (SSSR count). The van der Waals surface area contributed by atoms with Crippen LogP contribution in [0.5, 0.6) is 0 Å². The average molecular weight is 199 g/mol. The standard InChI is InChI=1S/C11H25N3/c1-6-10(11(12)13)14(5)9(4)7-8(2)3/h8-10H,6-7H2,1-5H3,(H3,12,13). The van der Waals surface area contributed by atoms with Crippen LogP contribution >= 0.6 is 0 Å². The highest BCUT2D eigenvalue weighted by atomic mass is 15.2. The monoisotopic (exact) mass is 199 g/mol. The largest absolute Gasteiger partial charge is 0.386 e. The van der Waals surface area contributed by atoms with Crippen molar-refractivity contribution in [3.8, 4) is 0 Å². The molecule has 2 unspecified atom stereocenters. The van der Waals surface area contributed by atoms with E-state index in [1.165, 1.54) is 0 Å². The quantitative estimate of drug-likeness (QED) is 0.508. The van der Waals surface area contributed by atoms with Crippen LogP contribution in [0, 0.1) is 11.3 Å². The fourth-order valence-corrected chi connectivity index (χ4v) is 1.88. The van der Waals surface area contributed by atoms with Crippen molar-refractivity contribution in [1.82, 2.24) is 4.90 Å². The summed E-state index contributed by atoms with van der Waals surface area (Å²) in [7, 11) is 2.06. The zero-order valence-corrected chi connectivity index (χ0v) is 10.2. The Bertz CT molecular complexity index is 177. The van der Waals surface area contributed by atoms with E-state index in [-0.39, 0.29) is 11.9 Å². The summed E-state index contributed by atoms with van der Waals surface area (Å²) in [5.74, 6) is 0.975. The second kappa shape index (κ2) is 6.02. The molecule has 2 atom stereocenters. The molecule has 3 heteroatoms. The van der Waals surface area contributed by atoms with Crippen LogP contribution in [0.25, 0.3) is 0 Å². The molecule has 0 aromatic rings. The molecule has 0 fully saturated rings. The van der Waals surface area contributed by atoms with Crippen LogP contribution in [0.15, 0.2) is 0 Å². The summed E-state index contributed by atoms with van der Waals surface area (Å²) in [5, 5.41) is 7.49. The van der Waals surface area contributed by atoms with Crippen LogP contribution in [0.1, 0.15) is 40.5 Å². The van der Waals surface area contributed by atoms with Crippen LogP contribution in [-0.2, 0) is 0 Å². The van der Waals surface area contributed by atoms with Crippen molar-refractivity contribution in [3.05, 3.63) is 0 Å². The lowest BCUT2D eigenvalue weighted by Crippen LogP contribution is -2.46. The van der Waals surface area contributed by atoms with Gasteiger partial charge in [-0.3, -0.25) is 10.3 Å². The first-order valence-electron chi connectivity index (χ1n) is 5.45. The van der Waals surface area contributed by atoms with Gasteiger partial charge in [-0.15, -0.1) is 0 Å². The summed E-state index contributed by atoms with van der Waals surface area (Å²) < 4.78 is 0. The number of hydrogen-bond donors (Lipinski definition) is 2. The van der Waals surface area contributed by atoms with E-state index in [9.17, 15) is 0 Å². The molecule has 0 aromatic carbocycles. The maximum atomic E-state index is 7.49. The van der Waals surface area contributed by atoms with Crippen molar-refractivity contribution in [2.24, 2.45) is 11.7 Å². The fourth-order valence-electron chi connectivity index (χ4n) is 1.88. The maximum Gasteiger partial charge on any atom is 0.108 e. The zero-order valence-electron chi connectivity index (χ0n) is 10.2. The van der Waals surface area contributed by atoms with Gasteiger partial charge in [0.1, 0.15) is 5.84 Å². The van der Waals surface area contributed by atoms with E-state index in [0.717, 1.165) is 12.8 Å². The molecule has 3 N–H and O–H groups in total. The molecule has 0 bridgehead atoms. The van der Waals surface area contributed by atoms with Gasteiger partial charge in [0.25, 0.3) is 0 Å². The number of nitrogens with one attached hydrogen (secondary N) is 1. The van der Waals surface area contributed by atoms with Crippen molar-refractivity contribution in [1.29, 1.82) is 5.41 Å². The number of likely N-dealkylation sites (N-methyl/N-ethyl adjacent to an activating group) is 1. The molecular formula is C11H25N3. The Hall–Kier alpha value is -0.570. The third kappa shape index (κ3) is 4.09. The molecule has 0 aliphatic carbocycles. The molecule has 0 aliphatic heterocycles. The normalized spacial score (nSPS) is 15.9. The van der Waals surface area contributed by atoms with Crippen LogP contribution in [0.2, 0.25) is 0 Å². The molecule has 84 valence electrons. The van der Waals surface area contributed by atoms with Crippen LogP contribution in [-0.4, -0.2) is 29.9 Å². The maximum absolute atomic E-state index is 7.49. The van der Waals surface area contributed by atoms with Crippen LogP contribution in [0.3, 0.4) is 0 Å². The molecule has 14 heavy (non-hydrogen) atoms. The summed E-state index contributed by atoms with van der Waals surface area (Å²) in [6.45, 7) is 8.72. The Balaban J connectivity index is 4.26. The SMILES string of the molecule is CCC(C(=N)N)N(C)C(C)CC(C)C. The van der Waals surface area contributed by atoms with Gasteiger partial charge in [-0.05, 0) is 32.7 Å². The topological polar surface area (TPSA) is 53.1 Å². The molecule has 0 aliphatic rings. The summed E-state index contributed by atoms with van der Waals surface area (Å²) in [5.41, 5.74) is 5.56. The molecule has 0 saturated carbocycles. The van der Waals surface area contributed by atoms with E-state index in [1.807, 2.05) is 0 Å². The third-order valence-electron chi connectivity index (χ3n) is 2.75. The van der Waals surface area contributed by atoms with Gasteiger partial charge in [-0.1, -0.05) is 20.8 Å². The van der Waals surface area contributed by atoms with Gasteiger partial charge < -0.3 is 5.73 Å². The van der Waals surface area contributed by atoms with E-state index in [1.54, 1.807) is 0 Å². The minimum atomic E-state index is 0.101. The van der Waals surface area contributed by atoms with Crippen LogP contribution < -0.4 is 5.73 Å². The minimum Gasteiger partial charge on any atom is -0.386 e. The van der Waals surface area contributed by atoms with Crippen molar-refractivity contribution in [2.75, 3.05) is 7.05 Å². The highest BCUT2D eigenvalue weighted by Gasteiger charge is 2.20. The highest BCUT2D eigenvalue weighted by Crippen LogP contribution is 2.13. The summed E-state index contributed by atoms with van der Waals surface area (Å²) in [6, 6.07) is 0.590. The lowest BCUT2D eigenvalue weighted by molar-refractivity contribution is 0.197. The highest BCUT2D eigenvalue weighted by molar-refractivity contribution is 5.82.